The third kappa shape index (κ3) is 3.48. The van der Waals surface area contributed by atoms with Crippen LogP contribution in [0.1, 0.15) is 11.1 Å². The van der Waals surface area contributed by atoms with E-state index in [9.17, 15) is 13.2 Å². The molecular formula is C19H15F3N4O3. The van der Waals surface area contributed by atoms with E-state index < -0.39 is 17.6 Å². The molecule has 150 valence electrons. The summed E-state index contributed by atoms with van der Waals surface area (Å²) in [5.74, 6) is -0.195. The Balaban J connectivity index is 1.97. The number of pyridine rings is 1. The van der Waals surface area contributed by atoms with Gasteiger partial charge in [0.15, 0.2) is 0 Å². The minimum atomic E-state index is -4.75. The SMILES string of the molecule is C=C1Nc2nc(nc3cnc(OC)c(C(F)(F)F)c23)OCCOc2ccccc21. The van der Waals surface area contributed by atoms with Crippen molar-refractivity contribution in [3.63, 3.8) is 0 Å². The summed E-state index contributed by atoms with van der Waals surface area (Å²) in [7, 11) is 1.11. The molecule has 3 heterocycles. The van der Waals surface area contributed by atoms with E-state index in [1.54, 1.807) is 24.3 Å². The second-order valence-electron chi connectivity index (χ2n) is 6.05. The quantitative estimate of drug-likeness (QED) is 0.659. The van der Waals surface area contributed by atoms with Gasteiger partial charge in [0.2, 0.25) is 5.88 Å². The normalized spacial score (nSPS) is 14.1. The zero-order valence-electron chi connectivity index (χ0n) is 15.2. The Morgan fingerprint density at radius 3 is 2.66 bits per heavy atom. The summed E-state index contributed by atoms with van der Waals surface area (Å²) in [6, 6.07) is 6.90. The van der Waals surface area contributed by atoms with Gasteiger partial charge >= 0.3 is 12.2 Å². The van der Waals surface area contributed by atoms with Crippen LogP contribution in [0.4, 0.5) is 19.0 Å². The van der Waals surface area contributed by atoms with Crippen molar-refractivity contribution in [2.45, 2.75) is 6.18 Å². The fourth-order valence-electron chi connectivity index (χ4n) is 3.00. The number of rotatable bonds is 1. The number of methoxy groups -OCH3 is 1. The van der Waals surface area contributed by atoms with Gasteiger partial charge in [-0.1, -0.05) is 18.7 Å². The molecule has 1 aliphatic rings. The first kappa shape index (κ1) is 18.8. The van der Waals surface area contributed by atoms with E-state index in [1.165, 1.54) is 6.20 Å². The van der Waals surface area contributed by atoms with Crippen molar-refractivity contribution in [2.75, 3.05) is 25.6 Å². The van der Waals surface area contributed by atoms with Gasteiger partial charge in [-0.15, -0.1) is 0 Å². The summed E-state index contributed by atoms with van der Waals surface area (Å²) in [5.41, 5.74) is -0.250. The highest BCUT2D eigenvalue weighted by molar-refractivity contribution is 5.97. The third-order valence-electron chi connectivity index (χ3n) is 4.21. The molecule has 0 radical (unpaired) electrons. The lowest BCUT2D eigenvalue weighted by molar-refractivity contribution is -0.137. The Kier molecular flexibility index (Phi) is 4.61. The Hall–Kier alpha value is -3.56. The number of aromatic nitrogens is 3. The van der Waals surface area contributed by atoms with Crippen molar-refractivity contribution >= 4 is 22.4 Å². The summed E-state index contributed by atoms with van der Waals surface area (Å²) in [4.78, 5) is 11.9. The maximum absolute atomic E-state index is 13.9. The lowest BCUT2D eigenvalue weighted by atomic mass is 10.1. The highest BCUT2D eigenvalue weighted by Gasteiger charge is 2.39. The molecule has 3 aromatic rings. The first-order valence-corrected chi connectivity index (χ1v) is 8.51. The summed E-state index contributed by atoms with van der Waals surface area (Å²) in [6.45, 7) is 4.22. The zero-order chi connectivity index (χ0) is 20.6. The van der Waals surface area contributed by atoms with Crippen LogP contribution in [-0.2, 0) is 6.18 Å². The lowest BCUT2D eigenvalue weighted by Crippen LogP contribution is -2.13. The maximum Gasteiger partial charge on any atom is 0.422 e. The van der Waals surface area contributed by atoms with Crippen LogP contribution in [0.2, 0.25) is 0 Å². The van der Waals surface area contributed by atoms with Crippen molar-refractivity contribution in [1.29, 1.82) is 0 Å². The van der Waals surface area contributed by atoms with Gasteiger partial charge in [0.1, 0.15) is 30.3 Å². The van der Waals surface area contributed by atoms with E-state index in [0.717, 1.165) is 7.11 Å². The number of nitrogens with one attached hydrogen (secondary N) is 1. The molecule has 0 saturated heterocycles. The molecule has 1 aromatic carbocycles. The van der Waals surface area contributed by atoms with Gasteiger partial charge in [0, 0.05) is 11.3 Å². The van der Waals surface area contributed by atoms with Gasteiger partial charge in [-0.05, 0) is 12.1 Å². The number of hydrogen-bond acceptors (Lipinski definition) is 7. The van der Waals surface area contributed by atoms with Crippen LogP contribution in [0.5, 0.6) is 17.6 Å². The van der Waals surface area contributed by atoms with Gasteiger partial charge < -0.3 is 19.5 Å². The molecule has 0 amide bonds. The Labute approximate surface area is 163 Å². The van der Waals surface area contributed by atoms with Gasteiger partial charge in [0.25, 0.3) is 0 Å². The molecule has 2 bridgehead atoms. The largest absolute Gasteiger partial charge is 0.489 e. The standard InChI is InChI=1S/C19H15F3N4O3/c1-10-11-5-3-4-6-13(11)28-7-8-29-18-25-12-9-23-17(27-2)15(19(20,21)22)14(12)16(24-10)26-18/h3-6,9H,1,7-8H2,2H3,(H,24,25,26). The second-order valence-corrected chi connectivity index (χ2v) is 6.05. The van der Waals surface area contributed by atoms with Gasteiger partial charge in [-0.3, -0.25) is 0 Å². The smallest absolute Gasteiger partial charge is 0.422 e. The molecule has 0 fully saturated rings. The van der Waals surface area contributed by atoms with Crippen LogP contribution >= 0.6 is 0 Å². The Morgan fingerprint density at radius 1 is 1.14 bits per heavy atom. The third-order valence-corrected chi connectivity index (χ3v) is 4.21. The van der Waals surface area contributed by atoms with Gasteiger partial charge in [0.05, 0.1) is 24.2 Å². The number of ether oxygens (including phenoxy) is 3. The Bertz CT molecular complexity index is 1100. The number of para-hydroxylation sites is 1. The van der Waals surface area contributed by atoms with Crippen molar-refractivity contribution in [1.82, 2.24) is 15.0 Å². The molecule has 0 unspecified atom stereocenters. The molecule has 0 spiro atoms. The molecule has 0 aliphatic carbocycles. The minimum absolute atomic E-state index is 0.0492. The highest BCUT2D eigenvalue weighted by atomic mass is 19.4. The van der Waals surface area contributed by atoms with E-state index in [1.807, 2.05) is 0 Å². The minimum Gasteiger partial charge on any atom is -0.489 e. The first-order chi connectivity index (χ1) is 13.9. The average molecular weight is 404 g/mol. The predicted octanol–water partition coefficient (Wildman–Crippen LogP) is 3.91. The van der Waals surface area contributed by atoms with Crippen LogP contribution < -0.4 is 19.5 Å². The molecular weight excluding hydrogens is 389 g/mol. The van der Waals surface area contributed by atoms with E-state index in [0.29, 0.717) is 17.0 Å². The van der Waals surface area contributed by atoms with E-state index in [-0.39, 0.29) is 35.9 Å². The van der Waals surface area contributed by atoms with Crippen LogP contribution in [0, 0.1) is 0 Å². The fourth-order valence-corrected chi connectivity index (χ4v) is 3.00. The van der Waals surface area contributed by atoms with Gasteiger partial charge in [-0.25, -0.2) is 4.98 Å². The van der Waals surface area contributed by atoms with Crippen LogP contribution in [-0.4, -0.2) is 35.3 Å². The second kappa shape index (κ2) is 7.12. The van der Waals surface area contributed by atoms with E-state index in [2.05, 4.69) is 26.8 Å². The average Bonchev–Trinajstić information content (AvgIpc) is 2.71. The molecule has 1 N–H and O–H groups in total. The summed E-state index contributed by atoms with van der Waals surface area (Å²) in [5, 5.41) is 2.56. The topological polar surface area (TPSA) is 78.4 Å². The number of halogens is 3. The number of nitrogens with zero attached hydrogens (tertiary/aromatic N) is 3. The van der Waals surface area contributed by atoms with Crippen molar-refractivity contribution in [2.24, 2.45) is 0 Å². The zero-order valence-corrected chi connectivity index (χ0v) is 15.2. The molecule has 1 aliphatic heterocycles. The number of fused-ring (bicyclic) bond motifs is 5. The van der Waals surface area contributed by atoms with E-state index in [4.69, 9.17) is 14.2 Å². The summed E-state index contributed by atoms with van der Waals surface area (Å²) >= 11 is 0. The van der Waals surface area contributed by atoms with Crippen molar-refractivity contribution in [3.8, 4) is 17.6 Å². The van der Waals surface area contributed by atoms with Crippen LogP contribution in [0.15, 0.2) is 37.0 Å². The number of anilines is 1. The van der Waals surface area contributed by atoms with Crippen molar-refractivity contribution in [3.05, 3.63) is 48.2 Å². The molecule has 4 rings (SSSR count). The molecule has 10 heteroatoms. The predicted molar refractivity (Wildman–Crippen MR) is 99.0 cm³/mol. The lowest BCUT2D eigenvalue weighted by Gasteiger charge is -2.18. The number of alkyl halides is 3. The molecule has 0 atom stereocenters. The molecule has 7 nitrogen and oxygen atoms in total. The van der Waals surface area contributed by atoms with Crippen LogP contribution in [0.25, 0.3) is 16.6 Å². The van der Waals surface area contributed by atoms with E-state index >= 15 is 0 Å². The summed E-state index contributed by atoms with van der Waals surface area (Å²) in [6.07, 6.45) is -3.58. The first-order valence-electron chi connectivity index (χ1n) is 8.51. The molecule has 29 heavy (non-hydrogen) atoms. The van der Waals surface area contributed by atoms with Gasteiger partial charge in [-0.2, -0.15) is 23.1 Å². The number of benzene rings is 1. The maximum atomic E-state index is 13.9. The summed E-state index contributed by atoms with van der Waals surface area (Å²) < 4.78 is 57.5. The highest BCUT2D eigenvalue weighted by Crippen LogP contribution is 2.43. The monoisotopic (exact) mass is 404 g/mol. The molecule has 2 aromatic heterocycles. The molecule has 0 saturated carbocycles. The fraction of sp³-hybridized carbons (Fsp3) is 0.211. The van der Waals surface area contributed by atoms with Crippen LogP contribution in [0.3, 0.4) is 0 Å². The number of hydrogen-bond donors (Lipinski definition) is 1. The Morgan fingerprint density at radius 2 is 1.90 bits per heavy atom. The van der Waals surface area contributed by atoms with Crippen molar-refractivity contribution < 1.29 is 27.4 Å².